The summed E-state index contributed by atoms with van der Waals surface area (Å²) in [5, 5.41) is 8.13. The van der Waals surface area contributed by atoms with Gasteiger partial charge in [0.2, 0.25) is 5.91 Å². The second-order valence-electron chi connectivity index (χ2n) is 5.44. The maximum atomic E-state index is 12.7. The van der Waals surface area contributed by atoms with E-state index in [1.807, 2.05) is 37.5 Å². The molecule has 0 aliphatic heterocycles. The van der Waals surface area contributed by atoms with Crippen LogP contribution in [-0.2, 0) is 18.4 Å². The Morgan fingerprint density at radius 2 is 2.22 bits per heavy atom. The van der Waals surface area contributed by atoms with Crippen molar-refractivity contribution in [1.82, 2.24) is 25.0 Å². The zero-order chi connectivity index (χ0) is 16.4. The topological polar surface area (TPSA) is 63.1 Å². The van der Waals surface area contributed by atoms with Crippen molar-refractivity contribution in [2.45, 2.75) is 12.6 Å². The van der Waals surface area contributed by atoms with Gasteiger partial charge in [-0.05, 0) is 19.2 Å². The Kier molecular flexibility index (Phi) is 4.40. The number of fused-ring (bicyclic) bond motifs is 1. The average molecular weight is 329 g/mol. The molecule has 3 rings (SSSR count). The first-order chi connectivity index (χ1) is 11.1. The summed E-state index contributed by atoms with van der Waals surface area (Å²) in [6.07, 6.45) is 3.56. The Morgan fingerprint density at radius 3 is 2.87 bits per heavy atom. The van der Waals surface area contributed by atoms with Crippen LogP contribution in [0.4, 0.5) is 0 Å². The molecule has 0 bridgehead atoms. The van der Waals surface area contributed by atoms with Crippen LogP contribution in [0.2, 0.25) is 0 Å². The summed E-state index contributed by atoms with van der Waals surface area (Å²) >= 11 is 1.62. The summed E-state index contributed by atoms with van der Waals surface area (Å²) in [7, 11) is 5.42. The van der Waals surface area contributed by atoms with E-state index in [0.29, 0.717) is 6.54 Å². The third kappa shape index (κ3) is 3.25. The fourth-order valence-corrected chi connectivity index (χ4v) is 3.53. The third-order valence-corrected chi connectivity index (χ3v) is 4.70. The number of likely N-dealkylation sites (N-methyl/N-ethyl adjacent to an activating group) is 2. The normalized spacial score (nSPS) is 12.5. The van der Waals surface area contributed by atoms with Gasteiger partial charge in [0.1, 0.15) is 11.0 Å². The molecular formula is C16H19N5OS. The van der Waals surface area contributed by atoms with Gasteiger partial charge < -0.3 is 10.2 Å². The number of benzene rings is 1. The molecule has 1 aromatic carbocycles. The molecule has 0 aliphatic rings. The number of aromatic nitrogens is 3. The first-order valence-electron chi connectivity index (χ1n) is 7.33. The van der Waals surface area contributed by atoms with Gasteiger partial charge in [-0.2, -0.15) is 5.10 Å². The summed E-state index contributed by atoms with van der Waals surface area (Å²) in [5.74, 6) is -0.000226. The van der Waals surface area contributed by atoms with Crippen molar-refractivity contribution in [3.63, 3.8) is 0 Å². The molecule has 0 spiro atoms. The highest BCUT2D eigenvalue weighted by molar-refractivity contribution is 7.18. The van der Waals surface area contributed by atoms with Crippen molar-refractivity contribution >= 4 is 27.5 Å². The lowest BCUT2D eigenvalue weighted by Crippen LogP contribution is -2.37. The lowest BCUT2D eigenvalue weighted by Gasteiger charge is -2.22. The molecule has 1 amide bonds. The van der Waals surface area contributed by atoms with E-state index in [0.717, 1.165) is 20.8 Å². The lowest BCUT2D eigenvalue weighted by molar-refractivity contribution is -0.132. The molecule has 0 saturated carbocycles. The summed E-state index contributed by atoms with van der Waals surface area (Å²) in [6, 6.07) is 7.61. The summed E-state index contributed by atoms with van der Waals surface area (Å²) in [5.41, 5.74) is 1.84. The number of rotatable bonds is 5. The highest BCUT2D eigenvalue weighted by Gasteiger charge is 2.24. The Morgan fingerprint density at radius 1 is 1.43 bits per heavy atom. The molecule has 2 aromatic heterocycles. The molecule has 0 saturated heterocycles. The number of hydrogen-bond donors (Lipinski definition) is 1. The zero-order valence-corrected chi connectivity index (χ0v) is 14.2. The number of carbonyl (C=O) groups is 1. The van der Waals surface area contributed by atoms with E-state index in [1.165, 1.54) is 0 Å². The van der Waals surface area contributed by atoms with E-state index in [9.17, 15) is 4.79 Å². The molecule has 1 atom stereocenters. The zero-order valence-electron chi connectivity index (χ0n) is 13.4. The van der Waals surface area contributed by atoms with Crippen LogP contribution in [0.15, 0.2) is 36.7 Å². The standard InChI is InChI=1S/C16H19N5OS/c1-17-15(11-8-18-21(3)9-11)16(22)20(2)10-14-19-12-6-4-5-7-13(12)23-14/h4-9,15,17H,10H2,1-3H3. The van der Waals surface area contributed by atoms with Crippen molar-refractivity contribution in [3.8, 4) is 0 Å². The largest absolute Gasteiger partial charge is 0.337 e. The van der Waals surface area contributed by atoms with Gasteiger partial charge >= 0.3 is 0 Å². The predicted octanol–water partition coefficient (Wildman–Crippen LogP) is 1.95. The maximum absolute atomic E-state index is 12.7. The van der Waals surface area contributed by atoms with Gasteiger partial charge in [-0.1, -0.05) is 12.1 Å². The number of nitrogens with one attached hydrogen (secondary N) is 1. The number of thiazole rings is 1. The maximum Gasteiger partial charge on any atom is 0.244 e. The molecule has 2 heterocycles. The smallest absolute Gasteiger partial charge is 0.244 e. The Balaban J connectivity index is 1.75. The minimum absolute atomic E-state index is 0.000226. The molecular weight excluding hydrogens is 310 g/mol. The summed E-state index contributed by atoms with van der Waals surface area (Å²) in [6.45, 7) is 0.497. The molecule has 0 radical (unpaired) electrons. The van der Waals surface area contributed by atoms with Crippen LogP contribution >= 0.6 is 11.3 Å². The van der Waals surface area contributed by atoms with Gasteiger partial charge in [0.05, 0.1) is 23.0 Å². The van der Waals surface area contributed by atoms with Crippen LogP contribution in [0.1, 0.15) is 16.6 Å². The van der Waals surface area contributed by atoms with Gasteiger partial charge in [-0.15, -0.1) is 11.3 Å². The molecule has 0 fully saturated rings. The summed E-state index contributed by atoms with van der Waals surface area (Å²) in [4.78, 5) is 19.0. The predicted molar refractivity (Wildman–Crippen MR) is 91.1 cm³/mol. The quantitative estimate of drug-likeness (QED) is 0.777. The van der Waals surface area contributed by atoms with E-state index in [2.05, 4.69) is 15.4 Å². The van der Waals surface area contributed by atoms with Crippen molar-refractivity contribution in [2.24, 2.45) is 7.05 Å². The third-order valence-electron chi connectivity index (χ3n) is 3.68. The Labute approximate surface area is 138 Å². The lowest BCUT2D eigenvalue weighted by atomic mass is 10.1. The number of aryl methyl sites for hydroxylation is 1. The number of hydrogen-bond acceptors (Lipinski definition) is 5. The highest BCUT2D eigenvalue weighted by Crippen LogP contribution is 2.23. The van der Waals surface area contributed by atoms with E-state index in [1.54, 1.807) is 41.2 Å². The SMILES string of the molecule is CNC(C(=O)N(C)Cc1nc2ccccc2s1)c1cnn(C)c1. The molecule has 0 aliphatic carbocycles. The van der Waals surface area contributed by atoms with Gasteiger partial charge in [0.25, 0.3) is 0 Å². The van der Waals surface area contributed by atoms with Crippen molar-refractivity contribution in [3.05, 3.63) is 47.2 Å². The fourth-order valence-electron chi connectivity index (χ4n) is 2.51. The van der Waals surface area contributed by atoms with Crippen LogP contribution in [0.25, 0.3) is 10.2 Å². The number of para-hydroxylation sites is 1. The highest BCUT2D eigenvalue weighted by atomic mass is 32.1. The van der Waals surface area contributed by atoms with Crippen LogP contribution in [0, 0.1) is 0 Å². The number of carbonyl (C=O) groups excluding carboxylic acids is 1. The van der Waals surface area contributed by atoms with Crippen molar-refractivity contribution in [1.29, 1.82) is 0 Å². The van der Waals surface area contributed by atoms with Crippen LogP contribution in [0.3, 0.4) is 0 Å². The van der Waals surface area contributed by atoms with E-state index in [4.69, 9.17) is 0 Å². The Bertz CT molecular complexity index is 792. The van der Waals surface area contributed by atoms with Crippen molar-refractivity contribution in [2.75, 3.05) is 14.1 Å². The van der Waals surface area contributed by atoms with Crippen LogP contribution < -0.4 is 5.32 Å². The van der Waals surface area contributed by atoms with Crippen molar-refractivity contribution < 1.29 is 4.79 Å². The minimum Gasteiger partial charge on any atom is -0.337 e. The van der Waals surface area contributed by atoms with Gasteiger partial charge in [-0.25, -0.2) is 4.98 Å². The Hall–Kier alpha value is -2.25. The summed E-state index contributed by atoms with van der Waals surface area (Å²) < 4.78 is 2.83. The number of nitrogens with zero attached hydrogens (tertiary/aromatic N) is 4. The van der Waals surface area contributed by atoms with E-state index >= 15 is 0 Å². The fraction of sp³-hybridized carbons (Fsp3) is 0.312. The molecule has 7 heteroatoms. The molecule has 120 valence electrons. The minimum atomic E-state index is -0.400. The number of amides is 1. The van der Waals surface area contributed by atoms with Gasteiger partial charge in [0, 0.05) is 25.9 Å². The van der Waals surface area contributed by atoms with Gasteiger partial charge in [0.15, 0.2) is 0 Å². The molecule has 1 N–H and O–H groups in total. The molecule has 6 nitrogen and oxygen atoms in total. The molecule has 3 aromatic rings. The molecule has 23 heavy (non-hydrogen) atoms. The average Bonchev–Trinajstić information content (AvgIpc) is 3.13. The van der Waals surface area contributed by atoms with Crippen LogP contribution in [-0.4, -0.2) is 39.7 Å². The molecule has 1 unspecified atom stereocenters. The second-order valence-corrected chi connectivity index (χ2v) is 6.55. The second kappa shape index (κ2) is 6.47. The van der Waals surface area contributed by atoms with Crippen LogP contribution in [0.5, 0.6) is 0 Å². The first-order valence-corrected chi connectivity index (χ1v) is 8.15. The first kappa shape index (κ1) is 15.6. The van der Waals surface area contributed by atoms with E-state index < -0.39 is 6.04 Å². The van der Waals surface area contributed by atoms with Gasteiger partial charge in [-0.3, -0.25) is 9.48 Å². The monoisotopic (exact) mass is 329 g/mol. The van der Waals surface area contributed by atoms with E-state index in [-0.39, 0.29) is 5.91 Å².